The molecule has 0 aliphatic heterocycles. The molecule has 19 heavy (non-hydrogen) atoms. The van der Waals surface area contributed by atoms with Crippen molar-refractivity contribution in [3.8, 4) is 0 Å². The van der Waals surface area contributed by atoms with Crippen LogP contribution in [0.2, 0.25) is 0 Å². The molecule has 1 aromatic carbocycles. The summed E-state index contributed by atoms with van der Waals surface area (Å²) in [5.41, 5.74) is -0.694. The zero-order valence-electron chi connectivity index (χ0n) is 10.5. The van der Waals surface area contributed by atoms with Crippen LogP contribution in [0.1, 0.15) is 17.3 Å². The SMILES string of the molecule is CCNC(=O)CNc1ccc(C(=O)OC)c(F)c1F. The van der Waals surface area contributed by atoms with Gasteiger partial charge < -0.3 is 15.4 Å². The van der Waals surface area contributed by atoms with Gasteiger partial charge in [0, 0.05) is 6.54 Å². The second-order valence-corrected chi connectivity index (χ2v) is 3.59. The third-order valence-electron chi connectivity index (χ3n) is 2.30. The monoisotopic (exact) mass is 272 g/mol. The first-order valence-corrected chi connectivity index (χ1v) is 5.58. The fourth-order valence-electron chi connectivity index (χ4n) is 1.39. The van der Waals surface area contributed by atoms with E-state index in [0.29, 0.717) is 6.54 Å². The van der Waals surface area contributed by atoms with Crippen molar-refractivity contribution in [3.63, 3.8) is 0 Å². The molecule has 5 nitrogen and oxygen atoms in total. The quantitative estimate of drug-likeness (QED) is 0.793. The topological polar surface area (TPSA) is 67.4 Å². The van der Waals surface area contributed by atoms with Crippen molar-refractivity contribution in [3.05, 3.63) is 29.3 Å². The fourth-order valence-corrected chi connectivity index (χ4v) is 1.39. The van der Waals surface area contributed by atoms with Crippen LogP contribution in [0.4, 0.5) is 14.5 Å². The van der Waals surface area contributed by atoms with E-state index in [9.17, 15) is 18.4 Å². The Morgan fingerprint density at radius 1 is 1.26 bits per heavy atom. The summed E-state index contributed by atoms with van der Waals surface area (Å²) in [4.78, 5) is 22.3. The Kier molecular flexibility index (Phi) is 5.23. The van der Waals surface area contributed by atoms with E-state index in [0.717, 1.165) is 13.2 Å². The maximum absolute atomic E-state index is 13.6. The molecule has 1 aromatic rings. The average Bonchev–Trinajstić information content (AvgIpc) is 2.40. The van der Waals surface area contributed by atoms with Crippen molar-refractivity contribution >= 4 is 17.6 Å². The number of likely N-dealkylation sites (N-methyl/N-ethyl adjacent to an activating group) is 1. The molecule has 7 heteroatoms. The van der Waals surface area contributed by atoms with Crippen LogP contribution in [0.3, 0.4) is 0 Å². The van der Waals surface area contributed by atoms with E-state index in [-0.39, 0.29) is 18.1 Å². The summed E-state index contributed by atoms with van der Waals surface area (Å²) in [7, 11) is 1.07. The molecular formula is C12H14F2N2O3. The Morgan fingerprint density at radius 3 is 2.53 bits per heavy atom. The first kappa shape index (κ1) is 14.9. The number of esters is 1. The molecule has 104 valence electrons. The van der Waals surface area contributed by atoms with Crippen LogP contribution < -0.4 is 10.6 Å². The summed E-state index contributed by atoms with van der Waals surface area (Å²) in [6.07, 6.45) is 0. The third kappa shape index (κ3) is 3.64. The first-order chi connectivity index (χ1) is 9.01. The molecule has 0 aromatic heterocycles. The third-order valence-corrected chi connectivity index (χ3v) is 2.30. The van der Waals surface area contributed by atoms with Gasteiger partial charge in [-0.05, 0) is 19.1 Å². The van der Waals surface area contributed by atoms with Gasteiger partial charge in [0.05, 0.1) is 24.9 Å². The van der Waals surface area contributed by atoms with Crippen molar-refractivity contribution in [1.82, 2.24) is 5.32 Å². The lowest BCUT2D eigenvalue weighted by molar-refractivity contribution is -0.119. The smallest absolute Gasteiger partial charge is 0.340 e. The lowest BCUT2D eigenvalue weighted by Gasteiger charge is -2.09. The molecule has 0 fully saturated rings. The number of hydrogen-bond acceptors (Lipinski definition) is 4. The Hall–Kier alpha value is -2.18. The summed E-state index contributed by atoms with van der Waals surface area (Å²) < 4.78 is 31.5. The zero-order chi connectivity index (χ0) is 14.4. The van der Waals surface area contributed by atoms with E-state index in [1.165, 1.54) is 6.07 Å². The summed E-state index contributed by atoms with van der Waals surface area (Å²) in [6.45, 7) is 1.99. The predicted octanol–water partition coefficient (Wildman–Crippen LogP) is 1.30. The second-order valence-electron chi connectivity index (χ2n) is 3.59. The highest BCUT2D eigenvalue weighted by Crippen LogP contribution is 2.21. The van der Waals surface area contributed by atoms with E-state index in [4.69, 9.17) is 0 Å². The standard InChI is InChI=1S/C12H14F2N2O3/c1-3-15-9(17)6-16-8-5-4-7(12(18)19-2)10(13)11(8)14/h4-5,16H,3,6H2,1-2H3,(H,15,17). The number of anilines is 1. The molecule has 0 aliphatic rings. The molecule has 1 rings (SSSR count). The Balaban J connectivity index is 2.85. The van der Waals surface area contributed by atoms with Gasteiger partial charge in [-0.25, -0.2) is 13.6 Å². The molecule has 0 spiro atoms. The Morgan fingerprint density at radius 2 is 1.95 bits per heavy atom. The molecule has 0 saturated carbocycles. The summed E-state index contributed by atoms with van der Waals surface area (Å²) >= 11 is 0. The number of nitrogens with one attached hydrogen (secondary N) is 2. The van der Waals surface area contributed by atoms with Gasteiger partial charge >= 0.3 is 5.97 Å². The van der Waals surface area contributed by atoms with Crippen molar-refractivity contribution < 1.29 is 23.1 Å². The summed E-state index contributed by atoms with van der Waals surface area (Å²) in [5, 5.41) is 4.94. The van der Waals surface area contributed by atoms with Crippen molar-refractivity contribution in [2.75, 3.05) is 25.5 Å². The van der Waals surface area contributed by atoms with E-state index in [1.807, 2.05) is 0 Å². The van der Waals surface area contributed by atoms with Crippen molar-refractivity contribution in [2.24, 2.45) is 0 Å². The number of halogens is 2. The Labute approximate surface area is 108 Å². The van der Waals surface area contributed by atoms with Crippen molar-refractivity contribution in [2.45, 2.75) is 6.92 Å². The van der Waals surface area contributed by atoms with Gasteiger partial charge in [-0.1, -0.05) is 0 Å². The molecule has 2 N–H and O–H groups in total. The van der Waals surface area contributed by atoms with E-state index in [2.05, 4.69) is 15.4 Å². The number of methoxy groups -OCH3 is 1. The predicted molar refractivity (Wildman–Crippen MR) is 64.9 cm³/mol. The summed E-state index contributed by atoms with van der Waals surface area (Å²) in [5.74, 6) is -3.86. The van der Waals surface area contributed by atoms with Gasteiger partial charge in [0.2, 0.25) is 5.91 Å². The van der Waals surface area contributed by atoms with Gasteiger partial charge in [0.1, 0.15) is 0 Å². The lowest BCUT2D eigenvalue weighted by Crippen LogP contribution is -2.29. The molecule has 0 heterocycles. The molecule has 0 atom stereocenters. The highest BCUT2D eigenvalue weighted by atomic mass is 19.2. The van der Waals surface area contributed by atoms with Crippen LogP contribution in [0.15, 0.2) is 12.1 Å². The summed E-state index contributed by atoms with van der Waals surface area (Å²) in [6, 6.07) is 2.26. The van der Waals surface area contributed by atoms with E-state index in [1.54, 1.807) is 6.92 Å². The van der Waals surface area contributed by atoms with E-state index >= 15 is 0 Å². The number of ether oxygens (including phenoxy) is 1. The number of carbonyl (C=O) groups is 2. The number of amides is 1. The number of benzene rings is 1. The minimum Gasteiger partial charge on any atom is -0.465 e. The van der Waals surface area contributed by atoms with Crippen LogP contribution in [-0.4, -0.2) is 32.1 Å². The lowest BCUT2D eigenvalue weighted by atomic mass is 10.2. The molecule has 0 radical (unpaired) electrons. The van der Waals surface area contributed by atoms with Crippen LogP contribution in [0.5, 0.6) is 0 Å². The molecule has 0 bridgehead atoms. The molecule has 0 saturated heterocycles. The van der Waals surface area contributed by atoms with Crippen LogP contribution in [0, 0.1) is 11.6 Å². The van der Waals surface area contributed by atoms with Crippen LogP contribution >= 0.6 is 0 Å². The van der Waals surface area contributed by atoms with Gasteiger partial charge in [-0.15, -0.1) is 0 Å². The minimum atomic E-state index is -1.31. The zero-order valence-corrected chi connectivity index (χ0v) is 10.5. The van der Waals surface area contributed by atoms with Crippen LogP contribution in [-0.2, 0) is 9.53 Å². The molecule has 1 amide bonds. The minimum absolute atomic E-state index is 0.193. The fraction of sp³-hybridized carbons (Fsp3) is 0.333. The van der Waals surface area contributed by atoms with Gasteiger partial charge in [-0.2, -0.15) is 0 Å². The molecular weight excluding hydrogens is 258 g/mol. The second kappa shape index (κ2) is 6.67. The number of hydrogen-bond donors (Lipinski definition) is 2. The maximum atomic E-state index is 13.6. The number of carbonyl (C=O) groups excluding carboxylic acids is 2. The highest BCUT2D eigenvalue weighted by molar-refractivity contribution is 5.90. The Bertz CT molecular complexity index is 492. The first-order valence-electron chi connectivity index (χ1n) is 5.58. The van der Waals surface area contributed by atoms with Crippen molar-refractivity contribution in [1.29, 1.82) is 0 Å². The van der Waals surface area contributed by atoms with Gasteiger partial charge in [0.25, 0.3) is 0 Å². The van der Waals surface area contributed by atoms with Crippen LogP contribution in [0.25, 0.3) is 0 Å². The van der Waals surface area contributed by atoms with Gasteiger partial charge in [0.15, 0.2) is 11.6 Å². The number of rotatable bonds is 5. The average molecular weight is 272 g/mol. The maximum Gasteiger partial charge on any atom is 0.340 e. The van der Waals surface area contributed by atoms with E-state index < -0.39 is 23.2 Å². The highest BCUT2D eigenvalue weighted by Gasteiger charge is 2.19. The van der Waals surface area contributed by atoms with Gasteiger partial charge in [-0.3, -0.25) is 4.79 Å². The molecule has 0 unspecified atom stereocenters. The largest absolute Gasteiger partial charge is 0.465 e. The normalized spacial score (nSPS) is 9.89. The molecule has 0 aliphatic carbocycles.